The van der Waals surface area contributed by atoms with E-state index in [2.05, 4.69) is 0 Å². The normalized spacial score (nSPS) is 24.2. The van der Waals surface area contributed by atoms with Gasteiger partial charge in [-0.1, -0.05) is 212 Å². The second-order valence-electron chi connectivity index (χ2n) is 18.0. The molecule has 0 radical (unpaired) electrons. The minimum Gasteiger partial charge on any atom is -0.394 e. The average molecular weight is 973 g/mol. The van der Waals surface area contributed by atoms with Gasteiger partial charge >= 0.3 is 0 Å². The van der Waals surface area contributed by atoms with E-state index in [-0.39, 0.29) is 46.2 Å². The molecule has 0 saturated carbocycles. The highest BCUT2D eigenvalue weighted by Gasteiger charge is 2.54. The summed E-state index contributed by atoms with van der Waals surface area (Å²) in [4.78, 5) is 0. The van der Waals surface area contributed by atoms with Gasteiger partial charge in [-0.25, -0.2) is 0 Å². The monoisotopic (exact) mass is 972 g/mol. The molecule has 2 fully saturated rings. The Morgan fingerprint density at radius 3 is 0.958 bits per heavy atom. The van der Waals surface area contributed by atoms with Gasteiger partial charge < -0.3 is 52.5 Å². The van der Waals surface area contributed by atoms with Crippen LogP contribution < -0.4 is 0 Å². The quantitative estimate of drug-likeness (QED) is 0.0591. The zero-order chi connectivity index (χ0) is 49.0. The van der Waals surface area contributed by atoms with Gasteiger partial charge in [0.2, 0.25) is 0 Å². The molecule has 7 aromatic rings. The van der Waals surface area contributed by atoms with E-state index in [9.17, 15) is 5.11 Å². The maximum absolute atomic E-state index is 11.4. The largest absolute Gasteiger partial charge is 0.394 e. The molecule has 11 heteroatoms. The zero-order valence-electron chi connectivity index (χ0n) is 40.4. The van der Waals surface area contributed by atoms with Crippen LogP contribution in [0.5, 0.6) is 0 Å². The van der Waals surface area contributed by atoms with E-state index in [4.69, 9.17) is 47.4 Å². The number of ether oxygens (including phenoxy) is 10. The van der Waals surface area contributed by atoms with Gasteiger partial charge in [0.1, 0.15) is 48.8 Å². The first-order chi connectivity index (χ1) is 35.7. The molecular weight excluding hydrogens is 909 g/mol. The lowest BCUT2D eigenvalue weighted by Crippen LogP contribution is -2.66. The average Bonchev–Trinajstić information content (AvgIpc) is 3.44. The van der Waals surface area contributed by atoms with Crippen molar-refractivity contribution in [2.45, 2.75) is 108 Å². The molecule has 9 rings (SSSR count). The van der Waals surface area contributed by atoms with Crippen molar-refractivity contribution in [2.24, 2.45) is 0 Å². The van der Waals surface area contributed by atoms with Crippen LogP contribution >= 0.6 is 0 Å². The van der Waals surface area contributed by atoms with Crippen LogP contribution in [0.2, 0.25) is 0 Å². The molecule has 72 heavy (non-hydrogen) atoms. The Morgan fingerprint density at radius 1 is 0.292 bits per heavy atom. The van der Waals surface area contributed by atoms with E-state index in [0.29, 0.717) is 6.61 Å². The van der Waals surface area contributed by atoms with Crippen molar-refractivity contribution in [1.29, 1.82) is 0 Å². The van der Waals surface area contributed by atoms with Crippen LogP contribution in [0.4, 0.5) is 0 Å². The molecule has 0 aliphatic carbocycles. The van der Waals surface area contributed by atoms with Crippen molar-refractivity contribution >= 4 is 0 Å². The minimum atomic E-state index is -1.14. The second kappa shape index (κ2) is 27.2. The molecule has 2 aliphatic heterocycles. The Hall–Kier alpha value is -5.90. The molecule has 11 nitrogen and oxygen atoms in total. The summed E-state index contributed by atoms with van der Waals surface area (Å²) in [6.07, 6.45) is -8.90. The topological polar surface area (TPSA) is 113 Å². The van der Waals surface area contributed by atoms with Crippen LogP contribution in [-0.2, 0) is 93.6 Å². The van der Waals surface area contributed by atoms with Crippen LogP contribution in [0, 0.1) is 0 Å². The molecular formula is C61H64O11. The van der Waals surface area contributed by atoms with E-state index in [1.165, 1.54) is 0 Å². The molecule has 0 spiro atoms. The van der Waals surface area contributed by atoms with Crippen molar-refractivity contribution < 1.29 is 52.5 Å². The Labute approximate surface area is 423 Å². The van der Waals surface area contributed by atoms with Gasteiger partial charge in [-0.15, -0.1) is 0 Å². The third-order valence-electron chi connectivity index (χ3n) is 12.7. The Morgan fingerprint density at radius 2 is 0.583 bits per heavy atom. The van der Waals surface area contributed by atoms with Crippen molar-refractivity contribution in [1.82, 2.24) is 0 Å². The van der Waals surface area contributed by atoms with Gasteiger partial charge in [-0.3, -0.25) is 0 Å². The first-order valence-electron chi connectivity index (χ1n) is 24.8. The van der Waals surface area contributed by atoms with Crippen molar-refractivity contribution in [3.05, 3.63) is 251 Å². The maximum atomic E-state index is 11.4. The van der Waals surface area contributed by atoms with Crippen LogP contribution in [0.15, 0.2) is 212 Å². The fraction of sp³-hybridized carbons (Fsp3) is 0.311. The standard InChI is InChI=1S/C61H64O11/c62-36-52-55(57(66-40-48-28-14-4-15-29-48)58(67-41-49-30-16-5-17-31-49)60(70-52)69-43-51-34-20-7-21-35-51)72-61-59(68-42-50-32-18-6-19-33-50)56(65-39-47-26-12-3-13-27-47)54(64-38-46-24-10-2-11-25-46)53(71-61)44-63-37-45-22-8-1-9-23-45/h1-35,52-62H,36-44H2. The molecule has 7 aromatic carbocycles. The number of hydrogen-bond donors (Lipinski definition) is 1. The van der Waals surface area contributed by atoms with Crippen LogP contribution in [0.1, 0.15) is 38.9 Å². The Kier molecular flexibility index (Phi) is 19.3. The molecule has 0 aromatic heterocycles. The van der Waals surface area contributed by atoms with Gasteiger partial charge in [-0.2, -0.15) is 0 Å². The minimum absolute atomic E-state index is 0.127. The van der Waals surface area contributed by atoms with E-state index >= 15 is 0 Å². The molecule has 0 bridgehead atoms. The van der Waals surface area contributed by atoms with E-state index < -0.39 is 68.0 Å². The van der Waals surface area contributed by atoms with E-state index in [0.717, 1.165) is 38.9 Å². The second-order valence-corrected chi connectivity index (χ2v) is 18.0. The van der Waals surface area contributed by atoms with E-state index in [1.807, 2.05) is 212 Å². The maximum Gasteiger partial charge on any atom is 0.187 e. The third kappa shape index (κ3) is 14.6. The fourth-order valence-corrected chi connectivity index (χ4v) is 8.99. The van der Waals surface area contributed by atoms with Crippen molar-refractivity contribution in [3.63, 3.8) is 0 Å². The Bertz CT molecular complexity index is 2550. The molecule has 374 valence electrons. The number of hydrogen-bond acceptors (Lipinski definition) is 11. The number of aliphatic hydroxyl groups is 1. The predicted octanol–water partition coefficient (Wildman–Crippen LogP) is 10.2. The molecule has 0 amide bonds. The van der Waals surface area contributed by atoms with Gasteiger partial charge in [0, 0.05) is 0 Å². The van der Waals surface area contributed by atoms with Gasteiger partial charge in [0.05, 0.1) is 59.5 Å². The molecule has 2 heterocycles. The smallest absolute Gasteiger partial charge is 0.187 e. The Balaban J connectivity index is 1.09. The highest BCUT2D eigenvalue weighted by Crippen LogP contribution is 2.37. The number of rotatable bonds is 25. The van der Waals surface area contributed by atoms with Crippen LogP contribution in [-0.4, -0.2) is 79.7 Å². The zero-order valence-corrected chi connectivity index (χ0v) is 40.4. The predicted molar refractivity (Wildman–Crippen MR) is 272 cm³/mol. The van der Waals surface area contributed by atoms with Gasteiger partial charge in [0.25, 0.3) is 0 Å². The van der Waals surface area contributed by atoms with E-state index in [1.54, 1.807) is 0 Å². The number of aliphatic hydroxyl groups excluding tert-OH is 1. The van der Waals surface area contributed by atoms with Crippen LogP contribution in [0.25, 0.3) is 0 Å². The molecule has 2 aliphatic rings. The third-order valence-corrected chi connectivity index (χ3v) is 12.7. The summed E-state index contributed by atoms with van der Waals surface area (Å²) in [5.41, 5.74) is 6.75. The summed E-state index contributed by atoms with van der Waals surface area (Å²) < 4.78 is 69.2. The molecule has 2 saturated heterocycles. The van der Waals surface area contributed by atoms with Gasteiger partial charge in [0.15, 0.2) is 12.6 Å². The summed E-state index contributed by atoms with van der Waals surface area (Å²) in [5.74, 6) is 0. The van der Waals surface area contributed by atoms with Crippen LogP contribution in [0.3, 0.4) is 0 Å². The SMILES string of the molecule is OCC1OC(OCc2ccccc2)C(OCc2ccccc2)C(OCc2ccccc2)C1OC1OC(COCc2ccccc2)C(OCc2ccccc2)C(OCc2ccccc2)C1OCc1ccccc1. The first kappa shape index (κ1) is 51.0. The summed E-state index contributed by atoms with van der Waals surface area (Å²) in [6.45, 7) is 1.40. The molecule has 10 atom stereocenters. The summed E-state index contributed by atoms with van der Waals surface area (Å²) in [5, 5.41) is 11.4. The fourth-order valence-electron chi connectivity index (χ4n) is 8.99. The van der Waals surface area contributed by atoms with Crippen molar-refractivity contribution in [3.8, 4) is 0 Å². The highest BCUT2D eigenvalue weighted by atomic mass is 16.8. The van der Waals surface area contributed by atoms with Gasteiger partial charge in [-0.05, 0) is 38.9 Å². The summed E-state index contributed by atoms with van der Waals surface area (Å²) >= 11 is 0. The first-order valence-corrected chi connectivity index (χ1v) is 24.8. The molecule has 1 N–H and O–H groups in total. The lowest BCUT2D eigenvalue weighted by atomic mass is 9.95. The summed E-state index contributed by atoms with van der Waals surface area (Å²) in [7, 11) is 0. The number of benzene rings is 7. The lowest BCUT2D eigenvalue weighted by Gasteiger charge is -2.50. The molecule has 10 unspecified atom stereocenters. The summed E-state index contributed by atoms with van der Waals surface area (Å²) in [6, 6.07) is 69.7. The lowest BCUT2D eigenvalue weighted by molar-refractivity contribution is -0.378. The van der Waals surface area contributed by atoms with Crippen molar-refractivity contribution in [2.75, 3.05) is 13.2 Å². The highest BCUT2D eigenvalue weighted by molar-refractivity contribution is 5.19.